The molecule has 2 aromatic carbocycles. The first-order valence-electron chi connectivity index (χ1n) is 11.9. The lowest BCUT2D eigenvalue weighted by molar-refractivity contribution is -0.141. The van der Waals surface area contributed by atoms with Gasteiger partial charge in [-0.15, -0.1) is 0 Å². The van der Waals surface area contributed by atoms with E-state index in [2.05, 4.69) is 12.1 Å². The lowest BCUT2D eigenvalue weighted by Crippen LogP contribution is -2.51. The molecule has 7 nitrogen and oxygen atoms in total. The van der Waals surface area contributed by atoms with Gasteiger partial charge in [0, 0.05) is 31.5 Å². The molecule has 2 aromatic rings. The van der Waals surface area contributed by atoms with Crippen LogP contribution >= 0.6 is 0 Å². The summed E-state index contributed by atoms with van der Waals surface area (Å²) in [6.07, 6.45) is -0.535. The summed E-state index contributed by atoms with van der Waals surface area (Å²) in [5.41, 5.74) is 2.05. The van der Waals surface area contributed by atoms with Crippen LogP contribution in [0.5, 0.6) is 5.75 Å². The lowest BCUT2D eigenvalue weighted by Gasteiger charge is -2.34. The van der Waals surface area contributed by atoms with Crippen molar-refractivity contribution in [1.29, 1.82) is 0 Å². The Labute approximate surface area is 196 Å². The quantitative estimate of drug-likeness (QED) is 0.543. The van der Waals surface area contributed by atoms with Gasteiger partial charge in [0.2, 0.25) is 0 Å². The summed E-state index contributed by atoms with van der Waals surface area (Å²) in [6, 6.07) is 17.8. The van der Waals surface area contributed by atoms with Crippen LogP contribution in [0.1, 0.15) is 31.2 Å². The average Bonchev–Trinajstić information content (AvgIpc) is 2.85. The number of hydrogen-bond acceptors (Lipinski definition) is 7. The second kappa shape index (κ2) is 13.5. The summed E-state index contributed by atoms with van der Waals surface area (Å²) in [5.74, 6) is 0.774. The first kappa shape index (κ1) is 25.5. The lowest BCUT2D eigenvalue weighted by atomic mass is 10.0. The highest BCUT2D eigenvalue weighted by molar-refractivity contribution is 5.51. The smallest absolute Gasteiger partial charge is 0.121 e. The molecule has 0 aromatic heterocycles. The molecule has 4 atom stereocenters. The largest absolute Gasteiger partial charge is 0.494 e. The van der Waals surface area contributed by atoms with Crippen molar-refractivity contribution in [2.75, 3.05) is 37.8 Å². The predicted molar refractivity (Wildman–Crippen MR) is 128 cm³/mol. The van der Waals surface area contributed by atoms with Crippen LogP contribution in [0.4, 0.5) is 5.69 Å². The molecule has 0 unspecified atom stereocenters. The number of aliphatic hydroxyl groups excluding tert-OH is 4. The Morgan fingerprint density at radius 3 is 2.45 bits per heavy atom. The van der Waals surface area contributed by atoms with Crippen molar-refractivity contribution in [2.24, 2.45) is 0 Å². The first-order chi connectivity index (χ1) is 16.1. The molecular weight excluding hydrogens is 422 g/mol. The number of anilines is 1. The van der Waals surface area contributed by atoms with Crippen molar-refractivity contribution in [1.82, 2.24) is 0 Å². The van der Waals surface area contributed by atoms with Gasteiger partial charge in [-0.05, 0) is 43.4 Å². The topological polar surface area (TPSA) is 103 Å². The van der Waals surface area contributed by atoms with Crippen molar-refractivity contribution in [3.05, 3.63) is 60.2 Å². The van der Waals surface area contributed by atoms with E-state index in [9.17, 15) is 20.4 Å². The molecule has 182 valence electrons. The van der Waals surface area contributed by atoms with E-state index in [1.807, 2.05) is 47.4 Å². The van der Waals surface area contributed by atoms with Gasteiger partial charge >= 0.3 is 0 Å². The highest BCUT2D eigenvalue weighted by Gasteiger charge is 2.33. The summed E-state index contributed by atoms with van der Waals surface area (Å²) in [4.78, 5) is 2.00. The molecule has 33 heavy (non-hydrogen) atoms. The third kappa shape index (κ3) is 7.98. The van der Waals surface area contributed by atoms with Gasteiger partial charge in [-0.2, -0.15) is 0 Å². The number of benzene rings is 2. The van der Waals surface area contributed by atoms with Crippen molar-refractivity contribution >= 4 is 5.69 Å². The van der Waals surface area contributed by atoms with E-state index in [4.69, 9.17) is 9.47 Å². The normalized spacial score (nSPS) is 24.1. The van der Waals surface area contributed by atoms with Crippen LogP contribution in [0.15, 0.2) is 54.6 Å². The van der Waals surface area contributed by atoms with Crippen LogP contribution in [0.25, 0.3) is 0 Å². The van der Waals surface area contributed by atoms with Crippen LogP contribution in [-0.4, -0.2) is 77.8 Å². The molecule has 0 saturated heterocycles. The number of aliphatic hydroxyl groups is 4. The molecular formula is C26H37NO6. The average molecular weight is 460 g/mol. The fourth-order valence-corrected chi connectivity index (χ4v) is 4.07. The zero-order valence-corrected chi connectivity index (χ0v) is 19.1. The van der Waals surface area contributed by atoms with Crippen molar-refractivity contribution < 1.29 is 29.9 Å². The molecule has 0 radical (unpaired) electrons. The maximum Gasteiger partial charge on any atom is 0.121 e. The number of rotatable bonds is 5. The number of ether oxygens (including phenoxy) is 2. The maximum atomic E-state index is 10.9. The van der Waals surface area contributed by atoms with E-state index >= 15 is 0 Å². The SMILES string of the molecule is OC[C@@H](O)[C@H]1OCCCCCCOc2cccc(c2)N(CCc2ccccc2)C[C@@H](O)[C@H]1O. The van der Waals surface area contributed by atoms with Crippen molar-refractivity contribution in [3.8, 4) is 5.75 Å². The van der Waals surface area contributed by atoms with E-state index in [-0.39, 0.29) is 6.54 Å². The molecule has 4 N–H and O–H groups in total. The van der Waals surface area contributed by atoms with Gasteiger partial charge in [0.1, 0.15) is 24.1 Å². The molecule has 1 heterocycles. The number of nitrogens with zero attached hydrogens (tertiary/aromatic N) is 1. The van der Waals surface area contributed by atoms with Crippen LogP contribution < -0.4 is 9.64 Å². The summed E-state index contributed by atoms with van der Waals surface area (Å²) >= 11 is 0. The van der Waals surface area contributed by atoms with Crippen LogP contribution in [0, 0.1) is 0 Å². The van der Waals surface area contributed by atoms with Gasteiger partial charge in [-0.25, -0.2) is 0 Å². The minimum Gasteiger partial charge on any atom is -0.494 e. The highest BCUT2D eigenvalue weighted by atomic mass is 16.5. The van der Waals surface area contributed by atoms with Crippen molar-refractivity contribution in [3.63, 3.8) is 0 Å². The zero-order valence-electron chi connectivity index (χ0n) is 19.1. The molecule has 0 amide bonds. The van der Waals surface area contributed by atoms with E-state index in [0.717, 1.165) is 43.5 Å². The molecule has 3 rings (SSSR count). The molecule has 0 saturated carbocycles. The van der Waals surface area contributed by atoms with Gasteiger partial charge < -0.3 is 34.8 Å². The Hall–Kier alpha value is -2.16. The molecule has 1 aliphatic rings. The Kier molecular flexibility index (Phi) is 10.4. The maximum absolute atomic E-state index is 10.9. The summed E-state index contributed by atoms with van der Waals surface area (Å²) in [7, 11) is 0. The molecule has 0 spiro atoms. The van der Waals surface area contributed by atoms with Gasteiger partial charge in [0.15, 0.2) is 0 Å². The third-order valence-corrected chi connectivity index (χ3v) is 6.02. The van der Waals surface area contributed by atoms with E-state index < -0.39 is 31.0 Å². The van der Waals surface area contributed by atoms with E-state index in [1.165, 1.54) is 5.56 Å². The van der Waals surface area contributed by atoms with Gasteiger partial charge in [0.25, 0.3) is 0 Å². The Balaban J connectivity index is 1.82. The molecule has 1 aliphatic heterocycles. The highest BCUT2D eigenvalue weighted by Crippen LogP contribution is 2.24. The van der Waals surface area contributed by atoms with Crippen molar-refractivity contribution in [2.45, 2.75) is 56.5 Å². The Morgan fingerprint density at radius 2 is 1.70 bits per heavy atom. The fourth-order valence-electron chi connectivity index (χ4n) is 4.07. The molecule has 2 bridgehead atoms. The number of β-amino-alcohol motifs (C(OH)–C–C–N with tert-alkyl or cyclic N) is 1. The molecule has 0 aliphatic carbocycles. The van der Waals surface area contributed by atoms with E-state index in [0.29, 0.717) is 19.8 Å². The van der Waals surface area contributed by atoms with Gasteiger partial charge in [-0.1, -0.05) is 42.8 Å². The van der Waals surface area contributed by atoms with Crippen LogP contribution in [-0.2, 0) is 11.2 Å². The zero-order chi connectivity index (χ0) is 23.5. The van der Waals surface area contributed by atoms with Crippen LogP contribution in [0.2, 0.25) is 0 Å². The van der Waals surface area contributed by atoms with E-state index in [1.54, 1.807) is 0 Å². The summed E-state index contributed by atoms with van der Waals surface area (Å²) in [5, 5.41) is 41.4. The second-order valence-electron chi connectivity index (χ2n) is 8.58. The molecule has 0 fully saturated rings. The number of hydrogen-bond donors (Lipinski definition) is 4. The molecule has 7 heteroatoms. The standard InChI is InChI=1S/C26H37NO6/c28-19-24(30)26-25(31)23(29)18-27(14-13-20-9-4-3-5-10-20)21-11-8-12-22(17-21)32-15-6-1-2-7-16-33-26/h3-5,8-12,17,23-26,28-31H,1-2,6-7,13-16,18-19H2/t23-,24-,25-,26-/m1/s1. The summed E-state index contributed by atoms with van der Waals surface area (Å²) in [6.45, 7) is 1.16. The number of fused-ring (bicyclic) bond motifs is 2. The third-order valence-electron chi connectivity index (χ3n) is 6.02. The first-order valence-corrected chi connectivity index (χ1v) is 11.9. The minimum absolute atomic E-state index is 0.134. The fraction of sp³-hybridized carbons (Fsp3) is 0.538. The Bertz CT molecular complexity index is 804. The Morgan fingerprint density at radius 1 is 0.939 bits per heavy atom. The van der Waals surface area contributed by atoms with Crippen LogP contribution in [0.3, 0.4) is 0 Å². The predicted octanol–water partition coefficient (Wildman–Crippen LogP) is 2.15. The van der Waals surface area contributed by atoms with Gasteiger partial charge in [-0.3, -0.25) is 0 Å². The second-order valence-corrected chi connectivity index (χ2v) is 8.58. The monoisotopic (exact) mass is 459 g/mol. The van der Waals surface area contributed by atoms with Gasteiger partial charge in [0.05, 0.1) is 19.3 Å². The minimum atomic E-state index is -1.35. The summed E-state index contributed by atoms with van der Waals surface area (Å²) < 4.78 is 11.7.